The molecule has 0 saturated carbocycles. The number of aliphatic hydroxyl groups is 1. The number of aryl methyl sites for hydroxylation is 2. The molecule has 0 radical (unpaired) electrons. The van der Waals surface area contributed by atoms with E-state index in [-0.39, 0.29) is 18.9 Å². The molecule has 5 heteroatoms. The number of carbonyl (C=O) groups is 1. The highest BCUT2D eigenvalue weighted by Gasteiger charge is 2.16. The van der Waals surface area contributed by atoms with Crippen LogP contribution in [0.1, 0.15) is 37.8 Å². The third-order valence-electron chi connectivity index (χ3n) is 2.54. The van der Waals surface area contributed by atoms with Crippen molar-refractivity contribution in [2.24, 2.45) is 0 Å². The first-order valence-electron chi connectivity index (χ1n) is 5.99. The van der Waals surface area contributed by atoms with E-state index >= 15 is 0 Å². The molecule has 0 aliphatic rings. The maximum absolute atomic E-state index is 11.7. The van der Waals surface area contributed by atoms with Crippen LogP contribution in [-0.4, -0.2) is 28.8 Å². The van der Waals surface area contributed by atoms with Gasteiger partial charge in [0.1, 0.15) is 5.76 Å². The molecule has 0 fully saturated rings. The molecule has 0 aromatic carbocycles. The van der Waals surface area contributed by atoms with Gasteiger partial charge in [0.15, 0.2) is 0 Å². The van der Waals surface area contributed by atoms with E-state index in [0.29, 0.717) is 0 Å². The van der Waals surface area contributed by atoms with Crippen molar-refractivity contribution < 1.29 is 14.4 Å². The number of nitrogens with one attached hydrogen (secondary N) is 1. The van der Waals surface area contributed by atoms with E-state index in [0.717, 1.165) is 29.9 Å². The average molecular weight is 240 g/mol. The smallest absolute Gasteiger partial charge is 0.224 e. The van der Waals surface area contributed by atoms with E-state index < -0.39 is 6.10 Å². The van der Waals surface area contributed by atoms with E-state index in [4.69, 9.17) is 9.63 Å². The second kappa shape index (κ2) is 6.39. The Bertz CT molecular complexity index is 350. The van der Waals surface area contributed by atoms with Crippen LogP contribution in [0.5, 0.6) is 0 Å². The SMILES string of the molecule is CCc1noc(CC)c1CC(=O)NCC(C)O. The van der Waals surface area contributed by atoms with Gasteiger partial charge in [-0.1, -0.05) is 19.0 Å². The van der Waals surface area contributed by atoms with E-state index in [1.54, 1.807) is 6.92 Å². The summed E-state index contributed by atoms with van der Waals surface area (Å²) in [5.41, 5.74) is 1.73. The Morgan fingerprint density at radius 1 is 1.47 bits per heavy atom. The molecule has 1 amide bonds. The predicted molar refractivity (Wildman–Crippen MR) is 63.7 cm³/mol. The minimum atomic E-state index is -0.530. The highest BCUT2D eigenvalue weighted by molar-refractivity contribution is 5.79. The van der Waals surface area contributed by atoms with Gasteiger partial charge < -0.3 is 14.9 Å². The predicted octanol–water partition coefficient (Wildman–Crippen LogP) is 0.839. The number of rotatable bonds is 6. The van der Waals surface area contributed by atoms with Crippen LogP contribution in [0.4, 0.5) is 0 Å². The van der Waals surface area contributed by atoms with Crippen molar-refractivity contribution in [3.63, 3.8) is 0 Å². The van der Waals surface area contributed by atoms with Crippen LogP contribution in [0, 0.1) is 0 Å². The van der Waals surface area contributed by atoms with Gasteiger partial charge in [0.05, 0.1) is 18.2 Å². The summed E-state index contributed by atoms with van der Waals surface area (Å²) in [6.45, 7) is 5.85. The topological polar surface area (TPSA) is 75.4 Å². The lowest BCUT2D eigenvalue weighted by Crippen LogP contribution is -2.32. The highest BCUT2D eigenvalue weighted by atomic mass is 16.5. The van der Waals surface area contributed by atoms with Gasteiger partial charge in [-0.2, -0.15) is 0 Å². The lowest BCUT2D eigenvalue weighted by molar-refractivity contribution is -0.120. The molecule has 5 nitrogen and oxygen atoms in total. The summed E-state index contributed by atoms with van der Waals surface area (Å²) in [5.74, 6) is 0.660. The molecule has 0 bridgehead atoms. The van der Waals surface area contributed by atoms with E-state index in [9.17, 15) is 4.79 Å². The number of carbonyl (C=O) groups excluding carboxylic acids is 1. The van der Waals surface area contributed by atoms with Crippen molar-refractivity contribution in [1.82, 2.24) is 10.5 Å². The van der Waals surface area contributed by atoms with Gasteiger partial charge in [0, 0.05) is 18.5 Å². The van der Waals surface area contributed by atoms with Crippen LogP contribution < -0.4 is 5.32 Å². The Kier molecular flexibility index (Phi) is 5.15. The first-order chi connectivity index (χ1) is 8.08. The van der Waals surface area contributed by atoms with Gasteiger partial charge in [-0.05, 0) is 13.3 Å². The van der Waals surface area contributed by atoms with Gasteiger partial charge in [-0.25, -0.2) is 0 Å². The van der Waals surface area contributed by atoms with Gasteiger partial charge in [0.2, 0.25) is 5.91 Å². The minimum absolute atomic E-state index is 0.112. The Hall–Kier alpha value is -1.36. The number of amides is 1. The summed E-state index contributed by atoms with van der Waals surface area (Å²) in [6, 6.07) is 0. The summed E-state index contributed by atoms with van der Waals surface area (Å²) < 4.78 is 5.18. The fourth-order valence-corrected chi connectivity index (χ4v) is 1.62. The van der Waals surface area contributed by atoms with Crippen molar-refractivity contribution in [3.8, 4) is 0 Å². The van der Waals surface area contributed by atoms with Crippen LogP contribution in [0.15, 0.2) is 4.52 Å². The first kappa shape index (κ1) is 13.7. The molecule has 0 aliphatic carbocycles. The highest BCUT2D eigenvalue weighted by Crippen LogP contribution is 2.16. The number of hydrogen-bond acceptors (Lipinski definition) is 4. The minimum Gasteiger partial charge on any atom is -0.392 e. The zero-order valence-corrected chi connectivity index (χ0v) is 10.6. The van der Waals surface area contributed by atoms with Crippen molar-refractivity contribution in [1.29, 1.82) is 0 Å². The number of aromatic nitrogens is 1. The van der Waals surface area contributed by atoms with Gasteiger partial charge in [-0.3, -0.25) is 4.79 Å². The summed E-state index contributed by atoms with van der Waals surface area (Å²) in [4.78, 5) is 11.7. The fourth-order valence-electron chi connectivity index (χ4n) is 1.62. The molecule has 2 N–H and O–H groups in total. The standard InChI is InChI=1S/C12H20N2O3/c1-4-10-9(11(5-2)17-14-10)6-12(16)13-7-8(3)15/h8,15H,4-7H2,1-3H3,(H,13,16). The third-order valence-corrected chi connectivity index (χ3v) is 2.54. The molecule has 1 aromatic rings. The maximum atomic E-state index is 11.7. The summed E-state index contributed by atoms with van der Waals surface area (Å²) in [7, 11) is 0. The molecule has 17 heavy (non-hydrogen) atoms. The average Bonchev–Trinajstić information content (AvgIpc) is 2.68. The Morgan fingerprint density at radius 3 is 2.71 bits per heavy atom. The van der Waals surface area contributed by atoms with E-state index in [2.05, 4.69) is 10.5 Å². The monoisotopic (exact) mass is 240 g/mol. The van der Waals surface area contributed by atoms with Crippen LogP contribution in [0.2, 0.25) is 0 Å². The first-order valence-corrected chi connectivity index (χ1v) is 5.99. The van der Waals surface area contributed by atoms with Gasteiger partial charge in [0.25, 0.3) is 0 Å². The van der Waals surface area contributed by atoms with Crippen molar-refractivity contribution >= 4 is 5.91 Å². The summed E-state index contributed by atoms with van der Waals surface area (Å²) in [6.07, 6.45) is 1.22. The van der Waals surface area contributed by atoms with Gasteiger partial charge in [-0.15, -0.1) is 0 Å². The zero-order valence-electron chi connectivity index (χ0n) is 10.6. The molecule has 1 unspecified atom stereocenters. The molecule has 0 aliphatic heterocycles. The number of nitrogens with zero attached hydrogens (tertiary/aromatic N) is 1. The molecule has 96 valence electrons. The summed E-state index contributed by atoms with van der Waals surface area (Å²) in [5, 5.41) is 15.7. The van der Waals surface area contributed by atoms with Crippen LogP contribution in [0.25, 0.3) is 0 Å². The Labute approximate surface area is 101 Å². The lowest BCUT2D eigenvalue weighted by atomic mass is 10.1. The second-order valence-corrected chi connectivity index (χ2v) is 4.07. The lowest BCUT2D eigenvalue weighted by Gasteiger charge is -2.07. The molecule has 1 aromatic heterocycles. The van der Waals surface area contributed by atoms with E-state index in [1.807, 2.05) is 13.8 Å². The second-order valence-electron chi connectivity index (χ2n) is 4.07. The fraction of sp³-hybridized carbons (Fsp3) is 0.667. The maximum Gasteiger partial charge on any atom is 0.224 e. The Morgan fingerprint density at radius 2 is 2.18 bits per heavy atom. The quantitative estimate of drug-likeness (QED) is 0.772. The van der Waals surface area contributed by atoms with Crippen molar-refractivity contribution in [3.05, 3.63) is 17.0 Å². The molecule has 1 atom stereocenters. The molecule has 1 rings (SSSR count). The van der Waals surface area contributed by atoms with E-state index in [1.165, 1.54) is 0 Å². The molecular formula is C12H20N2O3. The van der Waals surface area contributed by atoms with Crippen LogP contribution in [0.3, 0.4) is 0 Å². The zero-order chi connectivity index (χ0) is 12.8. The molecule has 0 spiro atoms. The molecule has 1 heterocycles. The number of aliphatic hydroxyl groups excluding tert-OH is 1. The number of hydrogen-bond donors (Lipinski definition) is 2. The van der Waals surface area contributed by atoms with Crippen LogP contribution in [-0.2, 0) is 24.1 Å². The van der Waals surface area contributed by atoms with Crippen molar-refractivity contribution in [2.75, 3.05) is 6.54 Å². The molecular weight excluding hydrogens is 220 g/mol. The van der Waals surface area contributed by atoms with Gasteiger partial charge >= 0.3 is 0 Å². The Balaban J connectivity index is 2.66. The third kappa shape index (κ3) is 3.85. The molecule has 0 saturated heterocycles. The van der Waals surface area contributed by atoms with Crippen LogP contribution >= 0.6 is 0 Å². The normalized spacial score (nSPS) is 12.5. The summed E-state index contributed by atoms with van der Waals surface area (Å²) >= 11 is 0. The van der Waals surface area contributed by atoms with Crippen molar-refractivity contribution in [2.45, 2.75) is 46.1 Å². The largest absolute Gasteiger partial charge is 0.392 e.